The van der Waals surface area contributed by atoms with Crippen LogP contribution in [0.25, 0.3) is 0 Å². The van der Waals surface area contributed by atoms with E-state index in [4.69, 9.17) is 0 Å². The van der Waals surface area contributed by atoms with Crippen molar-refractivity contribution in [1.29, 1.82) is 0 Å². The summed E-state index contributed by atoms with van der Waals surface area (Å²) in [6.07, 6.45) is 1.33. The van der Waals surface area contributed by atoms with Crippen LogP contribution in [0.5, 0.6) is 0 Å². The number of hydrogen-bond donors (Lipinski definition) is 0. The standard InChI is InChI=1S/C36H32O/c37-35(30-20-10-3-11-21-30)27-33(29-18-8-2-9-19-29)34(26-28-16-6-1-7-17-28)36(31-22-12-4-13-23-31)32-24-14-5-15-25-32/h1-25,33-34,36H,26-27H2. The van der Waals surface area contributed by atoms with Gasteiger partial charge >= 0.3 is 0 Å². The van der Waals surface area contributed by atoms with Crippen molar-refractivity contribution in [2.75, 3.05) is 0 Å². The molecular weight excluding hydrogens is 448 g/mol. The van der Waals surface area contributed by atoms with Crippen LogP contribution in [0.15, 0.2) is 152 Å². The number of rotatable bonds is 10. The second-order valence-electron chi connectivity index (χ2n) is 9.66. The SMILES string of the molecule is O=C(CC(c1ccccc1)C(Cc1ccccc1)C(c1ccccc1)c1ccccc1)c1ccccc1. The lowest BCUT2D eigenvalue weighted by Gasteiger charge is -2.35. The second kappa shape index (κ2) is 12.1. The van der Waals surface area contributed by atoms with E-state index in [0.29, 0.717) is 6.42 Å². The molecule has 0 saturated heterocycles. The molecule has 0 radical (unpaired) electrons. The third kappa shape index (κ3) is 6.13. The minimum absolute atomic E-state index is 0.0412. The predicted octanol–water partition coefficient (Wildman–Crippen LogP) is 8.73. The quantitative estimate of drug-likeness (QED) is 0.183. The van der Waals surface area contributed by atoms with E-state index in [9.17, 15) is 4.79 Å². The van der Waals surface area contributed by atoms with Crippen molar-refractivity contribution in [3.63, 3.8) is 0 Å². The molecule has 0 fully saturated rings. The molecule has 0 spiro atoms. The lowest BCUT2D eigenvalue weighted by molar-refractivity contribution is 0.0961. The van der Waals surface area contributed by atoms with E-state index < -0.39 is 0 Å². The van der Waals surface area contributed by atoms with Crippen molar-refractivity contribution in [3.05, 3.63) is 179 Å². The Bertz CT molecular complexity index is 1320. The maximum Gasteiger partial charge on any atom is 0.163 e. The lowest BCUT2D eigenvalue weighted by Crippen LogP contribution is -2.26. The zero-order valence-electron chi connectivity index (χ0n) is 21.0. The van der Waals surface area contributed by atoms with Gasteiger partial charge in [0.1, 0.15) is 0 Å². The Hall–Kier alpha value is -4.23. The summed E-state index contributed by atoms with van der Waals surface area (Å²) in [5, 5.41) is 0. The Morgan fingerprint density at radius 1 is 0.486 bits per heavy atom. The van der Waals surface area contributed by atoms with Gasteiger partial charge in [0.05, 0.1) is 0 Å². The molecule has 0 aliphatic carbocycles. The fraction of sp³-hybridized carbons (Fsp3) is 0.139. The topological polar surface area (TPSA) is 17.1 Å². The highest BCUT2D eigenvalue weighted by Crippen LogP contribution is 2.44. The normalized spacial score (nSPS) is 12.7. The van der Waals surface area contributed by atoms with Gasteiger partial charge in [-0.2, -0.15) is 0 Å². The maximum absolute atomic E-state index is 13.7. The Labute approximate surface area is 220 Å². The van der Waals surface area contributed by atoms with E-state index in [1.807, 2.05) is 30.3 Å². The van der Waals surface area contributed by atoms with E-state index in [1.165, 1.54) is 22.3 Å². The zero-order valence-corrected chi connectivity index (χ0v) is 21.0. The first kappa shape index (κ1) is 24.5. The molecular formula is C36H32O. The Morgan fingerprint density at radius 3 is 1.38 bits per heavy atom. The number of benzene rings is 5. The van der Waals surface area contributed by atoms with Gasteiger partial charge in [-0.1, -0.05) is 152 Å². The van der Waals surface area contributed by atoms with Crippen LogP contribution in [0.1, 0.15) is 50.9 Å². The number of hydrogen-bond acceptors (Lipinski definition) is 1. The van der Waals surface area contributed by atoms with Crippen molar-refractivity contribution in [2.45, 2.75) is 24.7 Å². The first-order valence-electron chi connectivity index (χ1n) is 13.1. The number of carbonyl (C=O) groups is 1. The average Bonchev–Trinajstić information content (AvgIpc) is 2.98. The molecule has 0 aromatic heterocycles. The summed E-state index contributed by atoms with van der Waals surface area (Å²) >= 11 is 0. The van der Waals surface area contributed by atoms with Crippen LogP contribution in [-0.4, -0.2) is 5.78 Å². The van der Waals surface area contributed by atoms with E-state index in [2.05, 4.69) is 121 Å². The van der Waals surface area contributed by atoms with E-state index >= 15 is 0 Å². The highest BCUT2D eigenvalue weighted by Gasteiger charge is 2.34. The van der Waals surface area contributed by atoms with Crippen LogP contribution in [0.3, 0.4) is 0 Å². The molecule has 5 aromatic rings. The predicted molar refractivity (Wildman–Crippen MR) is 153 cm³/mol. The Kier molecular flexibility index (Phi) is 8.03. The molecule has 37 heavy (non-hydrogen) atoms. The molecule has 2 atom stereocenters. The molecule has 182 valence electrons. The van der Waals surface area contributed by atoms with E-state index in [-0.39, 0.29) is 23.5 Å². The number of ketones is 1. The zero-order chi connectivity index (χ0) is 25.3. The van der Waals surface area contributed by atoms with Crippen LogP contribution < -0.4 is 0 Å². The minimum atomic E-state index is 0.0412. The summed E-state index contributed by atoms with van der Waals surface area (Å²) in [5.74, 6) is 0.533. The molecule has 0 heterocycles. The van der Waals surface area contributed by atoms with Crippen LogP contribution in [0, 0.1) is 5.92 Å². The molecule has 0 amide bonds. The van der Waals surface area contributed by atoms with Crippen molar-refractivity contribution in [1.82, 2.24) is 0 Å². The third-order valence-electron chi connectivity index (χ3n) is 7.31. The average molecular weight is 481 g/mol. The van der Waals surface area contributed by atoms with Crippen LogP contribution in [0.2, 0.25) is 0 Å². The van der Waals surface area contributed by atoms with Gasteiger partial charge in [0.2, 0.25) is 0 Å². The summed E-state index contributed by atoms with van der Waals surface area (Å²) in [6.45, 7) is 0. The van der Waals surface area contributed by atoms with Crippen molar-refractivity contribution in [2.24, 2.45) is 5.92 Å². The van der Waals surface area contributed by atoms with Crippen LogP contribution in [0.4, 0.5) is 0 Å². The highest BCUT2D eigenvalue weighted by molar-refractivity contribution is 5.96. The molecule has 0 saturated carbocycles. The molecule has 5 aromatic carbocycles. The summed E-state index contributed by atoms with van der Waals surface area (Å²) in [6, 6.07) is 52.6. The molecule has 0 aliphatic rings. The molecule has 5 rings (SSSR count). The van der Waals surface area contributed by atoms with Gasteiger partial charge in [-0.15, -0.1) is 0 Å². The molecule has 0 aliphatic heterocycles. The molecule has 1 nitrogen and oxygen atoms in total. The van der Waals surface area contributed by atoms with E-state index in [0.717, 1.165) is 12.0 Å². The van der Waals surface area contributed by atoms with Gasteiger partial charge in [-0.25, -0.2) is 0 Å². The van der Waals surface area contributed by atoms with Gasteiger partial charge in [0.15, 0.2) is 5.78 Å². The summed E-state index contributed by atoms with van der Waals surface area (Å²) in [4.78, 5) is 13.7. The van der Waals surface area contributed by atoms with Gasteiger partial charge in [-0.3, -0.25) is 4.79 Å². The molecule has 2 unspecified atom stereocenters. The minimum Gasteiger partial charge on any atom is -0.294 e. The van der Waals surface area contributed by atoms with Crippen molar-refractivity contribution < 1.29 is 4.79 Å². The van der Waals surface area contributed by atoms with Gasteiger partial charge < -0.3 is 0 Å². The number of Topliss-reactive ketones (excluding diaryl/α,β-unsaturated/α-hetero) is 1. The summed E-state index contributed by atoms with van der Waals surface area (Å²) in [5.41, 5.74) is 5.84. The second-order valence-corrected chi connectivity index (χ2v) is 9.66. The Morgan fingerprint density at radius 2 is 0.892 bits per heavy atom. The van der Waals surface area contributed by atoms with E-state index in [1.54, 1.807) is 0 Å². The number of carbonyl (C=O) groups excluding carboxylic acids is 1. The fourth-order valence-electron chi connectivity index (χ4n) is 5.54. The summed E-state index contributed by atoms with van der Waals surface area (Å²) < 4.78 is 0. The monoisotopic (exact) mass is 480 g/mol. The molecule has 1 heteroatoms. The van der Waals surface area contributed by atoms with Crippen molar-refractivity contribution >= 4 is 5.78 Å². The Balaban J connectivity index is 1.65. The van der Waals surface area contributed by atoms with Gasteiger partial charge in [0.25, 0.3) is 0 Å². The van der Waals surface area contributed by atoms with Gasteiger partial charge in [-0.05, 0) is 40.5 Å². The summed E-state index contributed by atoms with van der Waals surface area (Å²) in [7, 11) is 0. The van der Waals surface area contributed by atoms with Crippen molar-refractivity contribution in [3.8, 4) is 0 Å². The maximum atomic E-state index is 13.7. The largest absolute Gasteiger partial charge is 0.294 e. The molecule has 0 bridgehead atoms. The highest BCUT2D eigenvalue weighted by atomic mass is 16.1. The first-order valence-corrected chi connectivity index (χ1v) is 13.1. The van der Waals surface area contributed by atoms with Crippen LogP contribution in [-0.2, 0) is 6.42 Å². The van der Waals surface area contributed by atoms with Gasteiger partial charge in [0, 0.05) is 17.9 Å². The smallest absolute Gasteiger partial charge is 0.163 e. The third-order valence-corrected chi connectivity index (χ3v) is 7.31. The van der Waals surface area contributed by atoms with Crippen LogP contribution >= 0.6 is 0 Å². The fourth-order valence-corrected chi connectivity index (χ4v) is 5.54. The first-order chi connectivity index (χ1) is 18.3. The molecule has 0 N–H and O–H groups in total. The lowest BCUT2D eigenvalue weighted by atomic mass is 9.68.